The number of aliphatic hydroxyl groups excluding tert-OH is 1. The molecule has 4 nitrogen and oxygen atoms in total. The zero-order valence-electron chi connectivity index (χ0n) is 12.1. The molecule has 1 aromatic heterocycles. The van der Waals surface area contributed by atoms with Crippen LogP contribution in [-0.2, 0) is 6.42 Å². The second-order valence-electron chi connectivity index (χ2n) is 6.06. The van der Waals surface area contributed by atoms with Crippen molar-refractivity contribution in [3.05, 3.63) is 30.1 Å². The minimum Gasteiger partial charge on any atom is -0.390 e. The third-order valence-corrected chi connectivity index (χ3v) is 4.60. The molecule has 2 fully saturated rings. The summed E-state index contributed by atoms with van der Waals surface area (Å²) in [6.45, 7) is 5.14. The quantitative estimate of drug-likeness (QED) is 0.895. The highest BCUT2D eigenvalue weighted by Crippen LogP contribution is 2.20. The molecule has 0 aliphatic carbocycles. The lowest BCUT2D eigenvalue weighted by Gasteiger charge is -2.33. The van der Waals surface area contributed by atoms with Crippen LogP contribution in [0.1, 0.15) is 25.0 Å². The molecule has 0 spiro atoms. The summed E-state index contributed by atoms with van der Waals surface area (Å²) in [5.41, 5.74) is 1.14. The van der Waals surface area contributed by atoms with Crippen LogP contribution in [0.2, 0.25) is 0 Å². The third-order valence-electron chi connectivity index (χ3n) is 4.60. The number of likely N-dealkylation sites (tertiary alicyclic amines) is 2. The van der Waals surface area contributed by atoms with Gasteiger partial charge in [0.2, 0.25) is 0 Å². The minimum absolute atomic E-state index is 0.183. The van der Waals surface area contributed by atoms with Crippen molar-refractivity contribution < 1.29 is 5.11 Å². The highest BCUT2D eigenvalue weighted by atomic mass is 16.3. The smallest absolute Gasteiger partial charge is 0.0834 e. The Balaban J connectivity index is 1.50. The number of nitrogens with zero attached hydrogens (tertiary/aromatic N) is 3. The van der Waals surface area contributed by atoms with Crippen LogP contribution in [-0.4, -0.2) is 64.8 Å². The largest absolute Gasteiger partial charge is 0.390 e. The van der Waals surface area contributed by atoms with Gasteiger partial charge in [-0.05, 0) is 38.1 Å². The fourth-order valence-electron chi connectivity index (χ4n) is 3.46. The van der Waals surface area contributed by atoms with Gasteiger partial charge in [0.05, 0.1) is 6.10 Å². The van der Waals surface area contributed by atoms with E-state index in [-0.39, 0.29) is 6.10 Å². The van der Waals surface area contributed by atoms with Crippen molar-refractivity contribution in [1.82, 2.24) is 14.8 Å². The maximum atomic E-state index is 10.3. The summed E-state index contributed by atoms with van der Waals surface area (Å²) in [7, 11) is 0. The van der Waals surface area contributed by atoms with E-state index in [9.17, 15) is 5.11 Å². The maximum Gasteiger partial charge on any atom is 0.0834 e. The topological polar surface area (TPSA) is 39.6 Å². The molecule has 0 amide bonds. The van der Waals surface area contributed by atoms with Gasteiger partial charge in [-0.25, -0.2) is 0 Å². The molecule has 0 aromatic carbocycles. The number of pyridine rings is 1. The monoisotopic (exact) mass is 275 g/mol. The lowest BCUT2D eigenvalue weighted by molar-refractivity contribution is 0.0706. The average molecular weight is 275 g/mol. The van der Waals surface area contributed by atoms with Crippen LogP contribution in [0.15, 0.2) is 24.4 Å². The SMILES string of the molecule is O[C@@H]1CN(CCc2ccccn2)C[C@H]1N1CCCCC1. The first kappa shape index (κ1) is 14.0. The van der Waals surface area contributed by atoms with E-state index in [2.05, 4.69) is 20.9 Å². The summed E-state index contributed by atoms with van der Waals surface area (Å²) in [6.07, 6.45) is 6.57. The van der Waals surface area contributed by atoms with E-state index in [4.69, 9.17) is 0 Å². The Bertz CT molecular complexity index is 405. The molecule has 1 N–H and O–H groups in total. The van der Waals surface area contributed by atoms with Crippen LogP contribution in [0.4, 0.5) is 0 Å². The predicted octanol–water partition coefficient (Wildman–Crippen LogP) is 1.16. The highest BCUT2D eigenvalue weighted by Gasteiger charge is 2.35. The summed E-state index contributed by atoms with van der Waals surface area (Å²) in [4.78, 5) is 9.25. The fraction of sp³-hybridized carbons (Fsp3) is 0.688. The number of β-amino-alcohol motifs (C(OH)–C–C–N with tert-alkyl or cyclic N) is 1. The molecule has 4 heteroatoms. The summed E-state index contributed by atoms with van der Waals surface area (Å²) in [5, 5.41) is 10.3. The van der Waals surface area contributed by atoms with Crippen LogP contribution in [0.3, 0.4) is 0 Å². The zero-order valence-corrected chi connectivity index (χ0v) is 12.1. The minimum atomic E-state index is -0.183. The molecule has 0 bridgehead atoms. The summed E-state index contributed by atoms with van der Waals surface area (Å²) in [5.74, 6) is 0. The Labute approximate surface area is 121 Å². The average Bonchev–Trinajstić information content (AvgIpc) is 2.88. The van der Waals surface area contributed by atoms with Crippen molar-refractivity contribution in [2.75, 3.05) is 32.7 Å². The van der Waals surface area contributed by atoms with Crippen LogP contribution in [0, 0.1) is 0 Å². The lowest BCUT2D eigenvalue weighted by Crippen LogP contribution is -2.45. The van der Waals surface area contributed by atoms with E-state index in [1.54, 1.807) is 0 Å². The summed E-state index contributed by atoms with van der Waals surface area (Å²) < 4.78 is 0. The third kappa shape index (κ3) is 3.37. The van der Waals surface area contributed by atoms with Crippen LogP contribution < -0.4 is 0 Å². The van der Waals surface area contributed by atoms with Gasteiger partial charge in [-0.1, -0.05) is 12.5 Å². The standard InChI is InChI=1S/C16H25N3O/c20-16-13-18(11-7-14-6-2-3-8-17-14)12-15(16)19-9-4-1-5-10-19/h2-3,6,8,15-16,20H,1,4-5,7,9-13H2/t15-,16-/m1/s1. The second-order valence-corrected chi connectivity index (χ2v) is 6.06. The Morgan fingerprint density at radius 2 is 2.00 bits per heavy atom. The highest BCUT2D eigenvalue weighted by molar-refractivity contribution is 5.04. The zero-order chi connectivity index (χ0) is 13.8. The van der Waals surface area contributed by atoms with Gasteiger partial charge in [0.25, 0.3) is 0 Å². The molecule has 1 aromatic rings. The Morgan fingerprint density at radius 1 is 1.15 bits per heavy atom. The predicted molar refractivity (Wildman–Crippen MR) is 79.6 cm³/mol. The van der Waals surface area contributed by atoms with Gasteiger partial charge in [0.15, 0.2) is 0 Å². The molecule has 110 valence electrons. The normalized spacial score (nSPS) is 28.9. The van der Waals surface area contributed by atoms with E-state index in [1.807, 2.05) is 18.3 Å². The van der Waals surface area contributed by atoms with E-state index >= 15 is 0 Å². The van der Waals surface area contributed by atoms with E-state index in [1.165, 1.54) is 19.3 Å². The molecule has 0 radical (unpaired) electrons. The van der Waals surface area contributed by atoms with Gasteiger partial charge in [-0.3, -0.25) is 14.8 Å². The van der Waals surface area contributed by atoms with E-state index in [0.29, 0.717) is 6.04 Å². The van der Waals surface area contributed by atoms with Gasteiger partial charge in [-0.2, -0.15) is 0 Å². The first-order valence-electron chi connectivity index (χ1n) is 7.87. The lowest BCUT2D eigenvalue weighted by atomic mass is 10.1. The summed E-state index contributed by atoms with van der Waals surface area (Å²) >= 11 is 0. The first-order chi connectivity index (χ1) is 9.83. The van der Waals surface area contributed by atoms with Gasteiger partial charge in [0.1, 0.15) is 0 Å². The maximum absolute atomic E-state index is 10.3. The Morgan fingerprint density at radius 3 is 2.75 bits per heavy atom. The van der Waals surface area contributed by atoms with Gasteiger partial charge < -0.3 is 5.11 Å². The van der Waals surface area contributed by atoms with Crippen molar-refractivity contribution in [2.45, 2.75) is 37.8 Å². The molecule has 0 unspecified atom stereocenters. The van der Waals surface area contributed by atoms with E-state index in [0.717, 1.165) is 44.8 Å². The van der Waals surface area contributed by atoms with Crippen molar-refractivity contribution >= 4 is 0 Å². The van der Waals surface area contributed by atoms with E-state index < -0.39 is 0 Å². The molecule has 0 saturated carbocycles. The molecular weight excluding hydrogens is 250 g/mol. The number of aliphatic hydroxyl groups is 1. The van der Waals surface area contributed by atoms with Crippen molar-refractivity contribution in [3.63, 3.8) is 0 Å². The van der Waals surface area contributed by atoms with Gasteiger partial charge in [-0.15, -0.1) is 0 Å². The van der Waals surface area contributed by atoms with Crippen molar-refractivity contribution in [2.24, 2.45) is 0 Å². The van der Waals surface area contributed by atoms with Crippen LogP contribution in [0.5, 0.6) is 0 Å². The Hall–Kier alpha value is -0.970. The molecule has 20 heavy (non-hydrogen) atoms. The second kappa shape index (κ2) is 6.66. The number of rotatable bonds is 4. The van der Waals surface area contributed by atoms with Gasteiger partial charge >= 0.3 is 0 Å². The number of hydrogen-bond acceptors (Lipinski definition) is 4. The molecule has 2 aliphatic rings. The molecular formula is C16H25N3O. The van der Waals surface area contributed by atoms with Gasteiger partial charge in [0, 0.05) is 44.0 Å². The molecule has 3 rings (SSSR count). The number of aromatic nitrogens is 1. The van der Waals surface area contributed by atoms with Crippen LogP contribution >= 0.6 is 0 Å². The molecule has 2 atom stereocenters. The molecule has 2 aliphatic heterocycles. The van der Waals surface area contributed by atoms with Crippen molar-refractivity contribution in [3.8, 4) is 0 Å². The number of hydrogen-bond donors (Lipinski definition) is 1. The molecule has 2 saturated heterocycles. The fourth-order valence-corrected chi connectivity index (χ4v) is 3.46. The number of piperidine rings is 1. The molecule has 3 heterocycles. The summed E-state index contributed by atoms with van der Waals surface area (Å²) in [6, 6.07) is 6.42. The van der Waals surface area contributed by atoms with Crippen LogP contribution in [0.25, 0.3) is 0 Å². The Kier molecular flexibility index (Phi) is 4.65. The first-order valence-corrected chi connectivity index (χ1v) is 7.87. The van der Waals surface area contributed by atoms with Crippen molar-refractivity contribution in [1.29, 1.82) is 0 Å².